The Hall–Kier alpha value is -2.56. The third-order valence-electron chi connectivity index (χ3n) is 3.25. The summed E-state index contributed by atoms with van der Waals surface area (Å²) in [5.74, 6) is 1.09. The van der Waals surface area contributed by atoms with Gasteiger partial charge in [-0.3, -0.25) is 0 Å². The number of nitrogens with two attached hydrogens (primary N) is 1. The van der Waals surface area contributed by atoms with Crippen molar-refractivity contribution in [3.05, 3.63) is 48.4 Å². The minimum atomic E-state index is -0.0327. The van der Waals surface area contributed by atoms with Crippen LogP contribution in [0, 0.1) is 0 Å². The Morgan fingerprint density at radius 1 is 1.19 bits per heavy atom. The quantitative estimate of drug-likeness (QED) is 0.732. The lowest BCUT2D eigenvalue weighted by Crippen LogP contribution is -2.11. The maximum atomic E-state index is 5.91. The van der Waals surface area contributed by atoms with Crippen LogP contribution in [-0.2, 0) is 5.41 Å². The van der Waals surface area contributed by atoms with E-state index in [1.807, 2.05) is 30.5 Å². The molecule has 0 radical (unpaired) electrons. The summed E-state index contributed by atoms with van der Waals surface area (Å²) in [6.07, 6.45) is 3.48. The summed E-state index contributed by atoms with van der Waals surface area (Å²) >= 11 is 0. The molecule has 0 saturated heterocycles. The van der Waals surface area contributed by atoms with Crippen LogP contribution in [-0.4, -0.2) is 14.6 Å². The first-order valence-electron chi connectivity index (χ1n) is 6.82. The zero-order chi connectivity index (χ0) is 15.0. The molecule has 5 heteroatoms. The summed E-state index contributed by atoms with van der Waals surface area (Å²) in [6, 6.07) is 9.37. The summed E-state index contributed by atoms with van der Waals surface area (Å²) < 4.78 is 7.63. The van der Waals surface area contributed by atoms with E-state index in [-0.39, 0.29) is 5.41 Å². The summed E-state index contributed by atoms with van der Waals surface area (Å²) in [7, 11) is 0. The van der Waals surface area contributed by atoms with Crippen LogP contribution in [0.3, 0.4) is 0 Å². The van der Waals surface area contributed by atoms with Crippen molar-refractivity contribution in [1.82, 2.24) is 14.6 Å². The number of para-hydroxylation sites is 2. The van der Waals surface area contributed by atoms with E-state index in [9.17, 15) is 0 Å². The van der Waals surface area contributed by atoms with Crippen molar-refractivity contribution < 1.29 is 4.74 Å². The van der Waals surface area contributed by atoms with Gasteiger partial charge in [0, 0.05) is 17.8 Å². The molecule has 0 bridgehead atoms. The van der Waals surface area contributed by atoms with Gasteiger partial charge < -0.3 is 10.5 Å². The maximum absolute atomic E-state index is 5.91. The molecule has 3 aromatic rings. The Morgan fingerprint density at radius 2 is 1.95 bits per heavy atom. The average Bonchev–Trinajstić information content (AvgIpc) is 2.86. The molecule has 0 spiro atoms. The number of nitrogen functional groups attached to an aromatic ring is 1. The minimum Gasteiger partial charge on any atom is -0.435 e. The molecule has 0 fully saturated rings. The van der Waals surface area contributed by atoms with Crippen LogP contribution in [0.25, 0.3) is 5.52 Å². The van der Waals surface area contributed by atoms with Crippen molar-refractivity contribution in [2.45, 2.75) is 26.2 Å². The Kier molecular flexibility index (Phi) is 3.05. The Labute approximate surface area is 123 Å². The minimum absolute atomic E-state index is 0.0327. The van der Waals surface area contributed by atoms with Crippen molar-refractivity contribution in [2.24, 2.45) is 0 Å². The summed E-state index contributed by atoms with van der Waals surface area (Å²) in [6.45, 7) is 6.37. The number of ether oxygens (including phenoxy) is 1. The van der Waals surface area contributed by atoms with Crippen molar-refractivity contribution >= 4 is 11.2 Å². The summed E-state index contributed by atoms with van der Waals surface area (Å²) in [4.78, 5) is 4.30. The van der Waals surface area contributed by atoms with Crippen LogP contribution < -0.4 is 10.5 Å². The van der Waals surface area contributed by atoms with Crippen LogP contribution in [0.4, 0.5) is 5.69 Å². The van der Waals surface area contributed by atoms with Crippen LogP contribution >= 0.6 is 0 Å². The van der Waals surface area contributed by atoms with Gasteiger partial charge in [-0.15, -0.1) is 0 Å². The predicted molar refractivity (Wildman–Crippen MR) is 82.6 cm³/mol. The van der Waals surface area contributed by atoms with Crippen molar-refractivity contribution in [1.29, 1.82) is 0 Å². The number of aromatic nitrogens is 3. The Balaban J connectivity index is 2.07. The normalized spacial score (nSPS) is 11.8. The van der Waals surface area contributed by atoms with E-state index < -0.39 is 0 Å². The first kappa shape index (κ1) is 13.4. The summed E-state index contributed by atoms with van der Waals surface area (Å²) in [5, 5.41) is 4.57. The second-order valence-electron chi connectivity index (χ2n) is 5.98. The highest BCUT2D eigenvalue weighted by Gasteiger charge is 2.19. The Morgan fingerprint density at radius 3 is 2.67 bits per heavy atom. The molecule has 5 nitrogen and oxygen atoms in total. The SMILES string of the molecule is CC(C)(C)c1cc2c(Oc3ccccc3N)nccn2n1. The molecule has 2 heterocycles. The van der Waals surface area contributed by atoms with Crippen LogP contribution in [0.1, 0.15) is 26.5 Å². The predicted octanol–water partition coefficient (Wildman–Crippen LogP) is 3.40. The number of fused-ring (bicyclic) bond motifs is 1. The van der Waals surface area contributed by atoms with Crippen molar-refractivity contribution in [3.63, 3.8) is 0 Å². The van der Waals surface area contributed by atoms with E-state index in [4.69, 9.17) is 10.5 Å². The van der Waals surface area contributed by atoms with Gasteiger partial charge in [-0.1, -0.05) is 32.9 Å². The number of nitrogens with zero attached hydrogens (tertiary/aromatic N) is 3. The molecular weight excluding hydrogens is 264 g/mol. The highest BCUT2D eigenvalue weighted by Crippen LogP contribution is 2.30. The second-order valence-corrected chi connectivity index (χ2v) is 5.98. The fraction of sp³-hybridized carbons (Fsp3) is 0.250. The molecule has 0 unspecified atom stereocenters. The van der Waals surface area contributed by atoms with Gasteiger partial charge in [0.15, 0.2) is 5.75 Å². The first-order chi connectivity index (χ1) is 9.95. The molecule has 3 rings (SSSR count). The molecule has 0 atom stereocenters. The molecule has 21 heavy (non-hydrogen) atoms. The third-order valence-corrected chi connectivity index (χ3v) is 3.25. The van der Waals surface area contributed by atoms with Gasteiger partial charge in [0.1, 0.15) is 5.52 Å². The maximum Gasteiger partial charge on any atom is 0.245 e. The zero-order valence-electron chi connectivity index (χ0n) is 12.4. The third kappa shape index (κ3) is 2.54. The number of benzene rings is 1. The van der Waals surface area contributed by atoms with E-state index in [2.05, 4.69) is 30.9 Å². The average molecular weight is 282 g/mol. The molecule has 0 saturated carbocycles. The largest absolute Gasteiger partial charge is 0.435 e. The van der Waals surface area contributed by atoms with Gasteiger partial charge in [-0.05, 0) is 18.2 Å². The molecule has 108 valence electrons. The van der Waals surface area contributed by atoms with Crippen molar-refractivity contribution in [3.8, 4) is 11.6 Å². The monoisotopic (exact) mass is 282 g/mol. The standard InChI is InChI=1S/C16H18N4O/c1-16(2,3)14-10-12-15(18-8-9-20(12)19-14)21-13-7-5-4-6-11(13)17/h4-10H,17H2,1-3H3. The van der Waals surface area contributed by atoms with E-state index in [1.54, 1.807) is 16.8 Å². The number of rotatable bonds is 2. The van der Waals surface area contributed by atoms with Gasteiger partial charge in [0.25, 0.3) is 0 Å². The molecule has 0 aliphatic rings. The molecule has 2 N–H and O–H groups in total. The molecule has 1 aromatic carbocycles. The zero-order valence-corrected chi connectivity index (χ0v) is 12.4. The van der Waals surface area contributed by atoms with E-state index in [0.29, 0.717) is 17.3 Å². The molecule has 0 aliphatic carbocycles. The Bertz CT molecular complexity index is 786. The van der Waals surface area contributed by atoms with Gasteiger partial charge in [-0.2, -0.15) is 5.10 Å². The lowest BCUT2D eigenvalue weighted by Gasteiger charge is -2.13. The number of hydrogen-bond acceptors (Lipinski definition) is 4. The molecule has 0 aliphatic heterocycles. The lowest BCUT2D eigenvalue weighted by atomic mass is 9.92. The highest BCUT2D eigenvalue weighted by molar-refractivity contribution is 5.61. The van der Waals surface area contributed by atoms with Gasteiger partial charge in [0.2, 0.25) is 5.88 Å². The van der Waals surface area contributed by atoms with Crippen LogP contribution in [0.5, 0.6) is 11.6 Å². The molecule has 0 amide bonds. The van der Waals surface area contributed by atoms with Crippen LogP contribution in [0.15, 0.2) is 42.7 Å². The summed E-state index contributed by atoms with van der Waals surface area (Å²) in [5.41, 5.74) is 8.27. The number of anilines is 1. The lowest BCUT2D eigenvalue weighted by molar-refractivity contribution is 0.467. The van der Waals surface area contributed by atoms with E-state index in [1.165, 1.54) is 0 Å². The first-order valence-corrected chi connectivity index (χ1v) is 6.82. The smallest absolute Gasteiger partial charge is 0.245 e. The second kappa shape index (κ2) is 4.77. The van der Waals surface area contributed by atoms with Gasteiger partial charge in [-0.25, -0.2) is 9.50 Å². The molecular formula is C16H18N4O. The number of hydrogen-bond donors (Lipinski definition) is 1. The van der Waals surface area contributed by atoms with E-state index in [0.717, 1.165) is 11.2 Å². The topological polar surface area (TPSA) is 65.4 Å². The van der Waals surface area contributed by atoms with Gasteiger partial charge in [0.05, 0.1) is 11.4 Å². The fourth-order valence-electron chi connectivity index (χ4n) is 2.02. The van der Waals surface area contributed by atoms with Gasteiger partial charge >= 0.3 is 0 Å². The molecule has 2 aromatic heterocycles. The fourth-order valence-corrected chi connectivity index (χ4v) is 2.02. The van der Waals surface area contributed by atoms with Crippen LogP contribution in [0.2, 0.25) is 0 Å². The van der Waals surface area contributed by atoms with E-state index >= 15 is 0 Å². The highest BCUT2D eigenvalue weighted by atomic mass is 16.5. The van der Waals surface area contributed by atoms with Crippen molar-refractivity contribution in [2.75, 3.05) is 5.73 Å².